The van der Waals surface area contributed by atoms with E-state index < -0.39 is 5.41 Å². The maximum atomic E-state index is 13.0. The number of ether oxygens (including phenoxy) is 1. The van der Waals surface area contributed by atoms with E-state index in [1.54, 1.807) is 0 Å². The second-order valence-corrected chi connectivity index (χ2v) is 7.37. The van der Waals surface area contributed by atoms with Crippen molar-refractivity contribution in [3.05, 3.63) is 35.9 Å². The summed E-state index contributed by atoms with van der Waals surface area (Å²) >= 11 is 0. The molecule has 26 heavy (non-hydrogen) atoms. The fourth-order valence-corrected chi connectivity index (χ4v) is 3.88. The van der Waals surface area contributed by atoms with E-state index in [1.165, 1.54) is 0 Å². The number of amides is 2. The molecule has 0 aromatic heterocycles. The molecule has 0 radical (unpaired) electrons. The number of nitrogens with one attached hydrogen (secondary N) is 1. The number of rotatable bonds is 5. The Hall–Kier alpha value is -1.92. The van der Waals surface area contributed by atoms with Crippen LogP contribution in [0.2, 0.25) is 0 Å². The van der Waals surface area contributed by atoms with E-state index in [1.807, 2.05) is 35.2 Å². The van der Waals surface area contributed by atoms with Crippen LogP contribution in [0.3, 0.4) is 0 Å². The number of hydrogen-bond donors (Lipinski definition) is 2. The summed E-state index contributed by atoms with van der Waals surface area (Å²) < 4.78 is 5.40. The van der Waals surface area contributed by atoms with Crippen molar-refractivity contribution in [1.29, 1.82) is 0 Å². The van der Waals surface area contributed by atoms with E-state index >= 15 is 0 Å². The molecule has 142 valence electrons. The van der Waals surface area contributed by atoms with Crippen LogP contribution in [0.15, 0.2) is 30.3 Å². The molecule has 2 aliphatic rings. The first-order valence-corrected chi connectivity index (χ1v) is 9.53. The van der Waals surface area contributed by atoms with Crippen LogP contribution in [0.5, 0.6) is 0 Å². The Morgan fingerprint density at radius 2 is 1.81 bits per heavy atom. The minimum atomic E-state index is -0.472. The molecule has 6 nitrogen and oxygen atoms in total. The van der Waals surface area contributed by atoms with Crippen LogP contribution in [0, 0.1) is 11.3 Å². The van der Waals surface area contributed by atoms with Crippen molar-refractivity contribution in [3.8, 4) is 0 Å². The zero-order valence-corrected chi connectivity index (χ0v) is 15.3. The lowest BCUT2D eigenvalue weighted by Crippen LogP contribution is -2.53. The first kappa shape index (κ1) is 18.9. The SMILES string of the molecule is NCC1(C(=O)N2CCC(C(=O)NCc3ccccc3)CC2)CCOCC1. The van der Waals surface area contributed by atoms with E-state index in [0.717, 1.165) is 5.56 Å². The molecule has 1 aromatic carbocycles. The summed E-state index contributed by atoms with van der Waals surface area (Å²) in [6, 6.07) is 9.90. The molecule has 6 heteroatoms. The van der Waals surface area contributed by atoms with Gasteiger partial charge in [0.1, 0.15) is 0 Å². The van der Waals surface area contributed by atoms with Gasteiger partial charge in [0.05, 0.1) is 5.41 Å². The van der Waals surface area contributed by atoms with E-state index in [4.69, 9.17) is 10.5 Å². The second-order valence-electron chi connectivity index (χ2n) is 7.37. The molecule has 2 saturated heterocycles. The third-order valence-electron chi connectivity index (χ3n) is 5.76. The Morgan fingerprint density at radius 1 is 1.15 bits per heavy atom. The zero-order chi connectivity index (χ0) is 18.4. The van der Waals surface area contributed by atoms with Crippen molar-refractivity contribution in [2.75, 3.05) is 32.8 Å². The van der Waals surface area contributed by atoms with Gasteiger partial charge in [-0.05, 0) is 31.2 Å². The van der Waals surface area contributed by atoms with Gasteiger partial charge >= 0.3 is 0 Å². The minimum Gasteiger partial charge on any atom is -0.381 e. The smallest absolute Gasteiger partial charge is 0.230 e. The normalized spacial score (nSPS) is 20.6. The van der Waals surface area contributed by atoms with Gasteiger partial charge in [0.25, 0.3) is 0 Å². The van der Waals surface area contributed by atoms with Crippen LogP contribution < -0.4 is 11.1 Å². The maximum absolute atomic E-state index is 13.0. The average Bonchev–Trinajstić information content (AvgIpc) is 2.73. The topological polar surface area (TPSA) is 84.7 Å². The molecule has 1 aromatic rings. The molecule has 0 aliphatic carbocycles. The predicted molar refractivity (Wildman–Crippen MR) is 99.1 cm³/mol. The van der Waals surface area contributed by atoms with Crippen molar-refractivity contribution in [3.63, 3.8) is 0 Å². The lowest BCUT2D eigenvalue weighted by atomic mass is 9.78. The molecule has 0 unspecified atom stereocenters. The summed E-state index contributed by atoms with van der Waals surface area (Å²) in [5.74, 6) is 0.207. The van der Waals surface area contributed by atoms with Crippen molar-refractivity contribution < 1.29 is 14.3 Å². The number of piperidine rings is 1. The van der Waals surface area contributed by atoms with Gasteiger partial charge in [-0.25, -0.2) is 0 Å². The number of carbonyl (C=O) groups is 2. The van der Waals surface area contributed by atoms with Gasteiger partial charge in [-0.3, -0.25) is 9.59 Å². The van der Waals surface area contributed by atoms with Crippen LogP contribution in [0.4, 0.5) is 0 Å². The van der Waals surface area contributed by atoms with Gasteiger partial charge in [0.15, 0.2) is 0 Å². The standard InChI is InChI=1S/C20H29N3O3/c21-15-20(8-12-26-13-9-20)19(25)23-10-6-17(7-11-23)18(24)22-14-16-4-2-1-3-5-16/h1-5,17H,6-15,21H2,(H,22,24). The Labute approximate surface area is 155 Å². The van der Waals surface area contributed by atoms with Gasteiger partial charge in [-0.2, -0.15) is 0 Å². The Kier molecular flexibility index (Phi) is 6.27. The first-order chi connectivity index (χ1) is 12.6. The van der Waals surface area contributed by atoms with Crippen LogP contribution >= 0.6 is 0 Å². The molecule has 3 N–H and O–H groups in total. The predicted octanol–water partition coefficient (Wildman–Crippen LogP) is 1.30. The molecule has 2 heterocycles. The molecule has 2 aliphatic heterocycles. The molecular weight excluding hydrogens is 330 g/mol. The summed E-state index contributed by atoms with van der Waals surface area (Å²) in [5.41, 5.74) is 6.57. The van der Waals surface area contributed by atoms with Gasteiger partial charge < -0.3 is 20.7 Å². The first-order valence-electron chi connectivity index (χ1n) is 9.53. The third kappa shape index (κ3) is 4.24. The van der Waals surface area contributed by atoms with Crippen LogP contribution in [0.25, 0.3) is 0 Å². The third-order valence-corrected chi connectivity index (χ3v) is 5.76. The lowest BCUT2D eigenvalue weighted by molar-refractivity contribution is -0.149. The zero-order valence-electron chi connectivity index (χ0n) is 15.3. The molecule has 2 fully saturated rings. The number of benzene rings is 1. The molecule has 3 rings (SSSR count). The monoisotopic (exact) mass is 359 g/mol. The Morgan fingerprint density at radius 3 is 2.42 bits per heavy atom. The molecule has 0 atom stereocenters. The van der Waals surface area contributed by atoms with Gasteiger partial charge in [0, 0.05) is 45.3 Å². The summed E-state index contributed by atoms with van der Waals surface area (Å²) in [7, 11) is 0. The van der Waals surface area contributed by atoms with Gasteiger partial charge in [-0.15, -0.1) is 0 Å². The Balaban J connectivity index is 1.49. The average molecular weight is 359 g/mol. The summed E-state index contributed by atoms with van der Waals surface area (Å²) in [6.45, 7) is 3.38. The largest absolute Gasteiger partial charge is 0.381 e. The lowest BCUT2D eigenvalue weighted by Gasteiger charge is -2.41. The van der Waals surface area contributed by atoms with E-state index in [-0.39, 0.29) is 17.7 Å². The van der Waals surface area contributed by atoms with Crippen molar-refractivity contribution in [2.45, 2.75) is 32.2 Å². The van der Waals surface area contributed by atoms with Crippen molar-refractivity contribution >= 4 is 11.8 Å². The highest BCUT2D eigenvalue weighted by molar-refractivity contribution is 5.84. The highest BCUT2D eigenvalue weighted by Gasteiger charge is 2.42. The van der Waals surface area contributed by atoms with Gasteiger partial charge in [-0.1, -0.05) is 30.3 Å². The van der Waals surface area contributed by atoms with Crippen molar-refractivity contribution in [2.24, 2.45) is 17.1 Å². The van der Waals surface area contributed by atoms with E-state index in [0.29, 0.717) is 65.1 Å². The van der Waals surface area contributed by atoms with E-state index in [2.05, 4.69) is 5.32 Å². The quantitative estimate of drug-likeness (QED) is 0.830. The number of hydrogen-bond acceptors (Lipinski definition) is 4. The maximum Gasteiger partial charge on any atom is 0.230 e. The van der Waals surface area contributed by atoms with Crippen LogP contribution in [-0.2, 0) is 20.9 Å². The molecule has 0 spiro atoms. The summed E-state index contributed by atoms with van der Waals surface area (Å²) in [5, 5.41) is 3.02. The highest BCUT2D eigenvalue weighted by Crippen LogP contribution is 2.33. The van der Waals surface area contributed by atoms with Gasteiger partial charge in [0.2, 0.25) is 11.8 Å². The van der Waals surface area contributed by atoms with E-state index in [9.17, 15) is 9.59 Å². The minimum absolute atomic E-state index is 0.0220. The fourth-order valence-electron chi connectivity index (χ4n) is 3.88. The highest BCUT2D eigenvalue weighted by atomic mass is 16.5. The summed E-state index contributed by atoms with van der Waals surface area (Å²) in [6.07, 6.45) is 2.81. The molecular formula is C20H29N3O3. The number of nitrogens with zero attached hydrogens (tertiary/aromatic N) is 1. The van der Waals surface area contributed by atoms with Crippen LogP contribution in [0.1, 0.15) is 31.2 Å². The Bertz CT molecular complexity index is 606. The van der Waals surface area contributed by atoms with Crippen molar-refractivity contribution in [1.82, 2.24) is 10.2 Å². The molecule has 0 saturated carbocycles. The molecule has 0 bridgehead atoms. The van der Waals surface area contributed by atoms with Crippen LogP contribution in [-0.4, -0.2) is 49.6 Å². The fraction of sp³-hybridized carbons (Fsp3) is 0.600. The second kappa shape index (κ2) is 8.64. The molecule has 2 amide bonds. The number of carbonyl (C=O) groups excluding carboxylic acids is 2. The summed E-state index contributed by atoms with van der Waals surface area (Å²) in [4.78, 5) is 27.3. The number of likely N-dealkylation sites (tertiary alicyclic amines) is 1. The number of nitrogens with two attached hydrogens (primary N) is 1.